The van der Waals surface area contributed by atoms with E-state index in [1.807, 2.05) is 43.3 Å². The van der Waals surface area contributed by atoms with Gasteiger partial charge in [-0.1, -0.05) is 29.8 Å². The molecule has 2 atom stereocenters. The number of ether oxygens (including phenoxy) is 2. The summed E-state index contributed by atoms with van der Waals surface area (Å²) in [6, 6.07) is 14.0. The summed E-state index contributed by atoms with van der Waals surface area (Å²) >= 11 is 0. The maximum Gasteiger partial charge on any atom is 0.348 e. The first kappa shape index (κ1) is 22.1. The highest BCUT2D eigenvalue weighted by atomic mass is 16.6. The van der Waals surface area contributed by atoms with E-state index in [2.05, 4.69) is 5.32 Å². The van der Waals surface area contributed by atoms with E-state index in [1.54, 1.807) is 31.0 Å². The van der Waals surface area contributed by atoms with Gasteiger partial charge in [-0.05, 0) is 38.1 Å². The SMILES string of the molecule is COC(=O)[C@H]1CN([C@@H](C)C(=O)N(C)CC(=O)Nc2ccc(C)cc2)c2ccccc2O1. The Bertz CT molecular complexity index is 960. The number of hydrogen-bond donors (Lipinski definition) is 1. The number of amides is 2. The lowest BCUT2D eigenvalue weighted by Crippen LogP contribution is -2.54. The van der Waals surface area contributed by atoms with Crippen molar-refractivity contribution >= 4 is 29.2 Å². The Hall–Kier alpha value is -3.55. The zero-order chi connectivity index (χ0) is 22.5. The van der Waals surface area contributed by atoms with Crippen LogP contribution in [0.5, 0.6) is 5.75 Å². The van der Waals surface area contributed by atoms with Crippen LogP contribution in [0.1, 0.15) is 12.5 Å². The van der Waals surface area contributed by atoms with Crippen molar-refractivity contribution in [2.45, 2.75) is 26.0 Å². The van der Waals surface area contributed by atoms with Gasteiger partial charge in [-0.3, -0.25) is 9.59 Å². The largest absolute Gasteiger partial charge is 0.475 e. The second kappa shape index (κ2) is 9.51. The number of nitrogens with zero attached hydrogens (tertiary/aromatic N) is 2. The molecule has 1 aliphatic heterocycles. The van der Waals surface area contributed by atoms with E-state index in [0.29, 0.717) is 17.1 Å². The van der Waals surface area contributed by atoms with Crippen molar-refractivity contribution in [1.82, 2.24) is 4.90 Å². The van der Waals surface area contributed by atoms with Crippen LogP contribution in [0.25, 0.3) is 0 Å². The molecule has 0 saturated carbocycles. The van der Waals surface area contributed by atoms with Crippen molar-refractivity contribution in [2.75, 3.05) is 37.5 Å². The highest BCUT2D eigenvalue weighted by molar-refractivity contribution is 5.96. The van der Waals surface area contributed by atoms with Crippen molar-refractivity contribution in [1.29, 1.82) is 0 Å². The van der Waals surface area contributed by atoms with Gasteiger partial charge in [0.15, 0.2) is 0 Å². The molecule has 0 aliphatic carbocycles. The van der Waals surface area contributed by atoms with E-state index in [9.17, 15) is 14.4 Å². The number of likely N-dealkylation sites (N-methyl/N-ethyl adjacent to an activating group) is 1. The molecule has 2 aromatic carbocycles. The average molecular weight is 425 g/mol. The molecule has 2 amide bonds. The maximum atomic E-state index is 13.1. The van der Waals surface area contributed by atoms with Crippen LogP contribution in [-0.4, -0.2) is 62.1 Å². The van der Waals surface area contributed by atoms with E-state index in [1.165, 1.54) is 12.0 Å². The zero-order valence-electron chi connectivity index (χ0n) is 18.1. The van der Waals surface area contributed by atoms with E-state index in [-0.39, 0.29) is 24.9 Å². The molecule has 0 radical (unpaired) electrons. The van der Waals surface area contributed by atoms with Crippen LogP contribution in [0, 0.1) is 6.92 Å². The molecule has 0 bridgehead atoms. The van der Waals surface area contributed by atoms with E-state index in [0.717, 1.165) is 5.56 Å². The number of anilines is 2. The molecule has 8 heteroatoms. The van der Waals surface area contributed by atoms with Gasteiger partial charge in [-0.15, -0.1) is 0 Å². The lowest BCUT2D eigenvalue weighted by molar-refractivity contribution is -0.149. The van der Waals surface area contributed by atoms with Gasteiger partial charge in [0, 0.05) is 12.7 Å². The maximum absolute atomic E-state index is 13.1. The number of rotatable bonds is 6. The van der Waals surface area contributed by atoms with E-state index in [4.69, 9.17) is 9.47 Å². The number of carbonyl (C=O) groups excluding carboxylic acids is 3. The minimum Gasteiger partial charge on any atom is -0.475 e. The lowest BCUT2D eigenvalue weighted by Gasteiger charge is -2.39. The lowest BCUT2D eigenvalue weighted by atomic mass is 10.1. The number of hydrogen-bond acceptors (Lipinski definition) is 6. The minimum atomic E-state index is -0.842. The fourth-order valence-electron chi connectivity index (χ4n) is 3.47. The molecular formula is C23H27N3O5. The molecule has 0 fully saturated rings. The number of fused-ring (bicyclic) bond motifs is 1. The fourth-order valence-corrected chi connectivity index (χ4v) is 3.47. The first-order chi connectivity index (χ1) is 14.8. The molecular weight excluding hydrogens is 398 g/mol. The predicted molar refractivity (Wildman–Crippen MR) is 117 cm³/mol. The summed E-state index contributed by atoms with van der Waals surface area (Å²) in [7, 11) is 2.88. The monoisotopic (exact) mass is 425 g/mol. The normalized spacial score (nSPS) is 15.9. The summed E-state index contributed by atoms with van der Waals surface area (Å²) in [5.74, 6) is -0.547. The zero-order valence-corrected chi connectivity index (χ0v) is 18.1. The quantitative estimate of drug-likeness (QED) is 0.714. The summed E-state index contributed by atoms with van der Waals surface area (Å²) in [6.07, 6.45) is -0.842. The third-order valence-corrected chi connectivity index (χ3v) is 5.19. The smallest absolute Gasteiger partial charge is 0.348 e. The standard InChI is InChI=1S/C23H27N3O5/c1-15-9-11-17(12-10-15)24-21(27)14-25(3)22(28)16(2)26-13-20(23(29)30-4)31-19-8-6-5-7-18(19)26/h5-12,16,20H,13-14H2,1-4H3,(H,24,27)/t16-,20+/m0/s1. The topological polar surface area (TPSA) is 88.2 Å². The fraction of sp³-hybridized carbons (Fsp3) is 0.348. The third-order valence-electron chi connectivity index (χ3n) is 5.19. The first-order valence-electron chi connectivity index (χ1n) is 10.0. The molecule has 0 aromatic heterocycles. The second-order valence-electron chi connectivity index (χ2n) is 7.53. The molecule has 2 aromatic rings. The highest BCUT2D eigenvalue weighted by Crippen LogP contribution is 2.34. The summed E-state index contributed by atoms with van der Waals surface area (Å²) in [4.78, 5) is 40.7. The Labute approximate surface area is 181 Å². The second-order valence-corrected chi connectivity index (χ2v) is 7.53. The van der Waals surface area contributed by atoms with E-state index < -0.39 is 18.1 Å². The van der Waals surface area contributed by atoms with Crippen molar-refractivity contribution in [3.05, 3.63) is 54.1 Å². The Morgan fingerprint density at radius 2 is 1.87 bits per heavy atom. The molecule has 0 saturated heterocycles. The van der Waals surface area contributed by atoms with Gasteiger partial charge in [0.05, 0.1) is 25.9 Å². The van der Waals surface area contributed by atoms with Gasteiger partial charge < -0.3 is 24.6 Å². The van der Waals surface area contributed by atoms with Gasteiger partial charge >= 0.3 is 5.97 Å². The molecule has 1 N–H and O–H groups in total. The van der Waals surface area contributed by atoms with Crippen LogP contribution in [-0.2, 0) is 19.1 Å². The van der Waals surface area contributed by atoms with Gasteiger partial charge in [0.2, 0.25) is 17.9 Å². The molecule has 31 heavy (non-hydrogen) atoms. The molecule has 0 spiro atoms. The molecule has 1 heterocycles. The molecule has 164 valence electrons. The van der Waals surface area contributed by atoms with Crippen LogP contribution in [0.4, 0.5) is 11.4 Å². The third kappa shape index (κ3) is 5.14. The van der Waals surface area contributed by atoms with Crippen LogP contribution in [0.3, 0.4) is 0 Å². The number of nitrogens with one attached hydrogen (secondary N) is 1. The van der Waals surface area contributed by atoms with Gasteiger partial charge in [-0.2, -0.15) is 0 Å². The van der Waals surface area contributed by atoms with Gasteiger partial charge in [0.1, 0.15) is 11.8 Å². The Kier molecular flexibility index (Phi) is 6.79. The number of esters is 1. The van der Waals surface area contributed by atoms with Crippen molar-refractivity contribution < 1.29 is 23.9 Å². The Morgan fingerprint density at radius 3 is 2.55 bits per heavy atom. The molecule has 3 rings (SSSR count). The van der Waals surface area contributed by atoms with Crippen LogP contribution < -0.4 is 15.0 Å². The summed E-state index contributed by atoms with van der Waals surface area (Å²) in [6.45, 7) is 3.78. The van der Waals surface area contributed by atoms with Crippen molar-refractivity contribution in [3.8, 4) is 5.75 Å². The number of aryl methyl sites for hydroxylation is 1. The highest BCUT2D eigenvalue weighted by Gasteiger charge is 2.36. The van der Waals surface area contributed by atoms with E-state index >= 15 is 0 Å². The first-order valence-corrected chi connectivity index (χ1v) is 10.0. The Balaban J connectivity index is 1.69. The summed E-state index contributed by atoms with van der Waals surface area (Å²) in [5, 5.41) is 2.79. The van der Waals surface area contributed by atoms with Crippen LogP contribution in [0.15, 0.2) is 48.5 Å². The molecule has 8 nitrogen and oxygen atoms in total. The van der Waals surface area contributed by atoms with Crippen molar-refractivity contribution in [3.63, 3.8) is 0 Å². The minimum absolute atomic E-state index is 0.0938. The molecule has 1 aliphatic rings. The van der Waals surface area contributed by atoms with Crippen molar-refractivity contribution in [2.24, 2.45) is 0 Å². The number of para-hydroxylation sites is 2. The summed E-state index contributed by atoms with van der Waals surface area (Å²) < 4.78 is 10.6. The van der Waals surface area contributed by atoms with Gasteiger partial charge in [0.25, 0.3) is 0 Å². The molecule has 0 unspecified atom stereocenters. The number of carbonyl (C=O) groups is 3. The number of methoxy groups -OCH3 is 1. The predicted octanol–water partition coefficient (Wildman–Crippen LogP) is 2.22. The average Bonchev–Trinajstić information content (AvgIpc) is 2.78. The number of benzene rings is 2. The van der Waals surface area contributed by atoms with Crippen LogP contribution in [0.2, 0.25) is 0 Å². The van der Waals surface area contributed by atoms with Gasteiger partial charge in [-0.25, -0.2) is 4.79 Å². The van der Waals surface area contributed by atoms with Crippen LogP contribution >= 0.6 is 0 Å². The summed E-state index contributed by atoms with van der Waals surface area (Å²) in [5.41, 5.74) is 2.48. The Morgan fingerprint density at radius 1 is 1.19 bits per heavy atom.